The summed E-state index contributed by atoms with van der Waals surface area (Å²) < 4.78 is 14.5. The Morgan fingerprint density at radius 3 is 2.20 bits per heavy atom. The third kappa shape index (κ3) is 2.45. The van der Waals surface area contributed by atoms with Gasteiger partial charge in [0.15, 0.2) is 0 Å². The van der Waals surface area contributed by atoms with E-state index in [1.807, 2.05) is 0 Å². The van der Waals surface area contributed by atoms with Crippen LogP contribution in [0.1, 0.15) is 0 Å². The van der Waals surface area contributed by atoms with Gasteiger partial charge in [0.25, 0.3) is 0 Å². The number of rotatable bonds is 2. The van der Waals surface area contributed by atoms with Gasteiger partial charge in [-0.3, -0.25) is 4.52 Å². The van der Waals surface area contributed by atoms with Gasteiger partial charge in [0, 0.05) is 0 Å². The van der Waals surface area contributed by atoms with E-state index in [4.69, 9.17) is 9.79 Å². The topological polar surface area (TPSA) is 66.8 Å². The van der Waals surface area contributed by atoms with E-state index >= 15 is 0 Å². The second-order valence-electron chi connectivity index (χ2n) is 1.83. The first kappa shape index (κ1) is 7.69. The molecule has 0 amide bonds. The summed E-state index contributed by atoms with van der Waals surface area (Å²) in [6.07, 6.45) is 5.87. The second kappa shape index (κ2) is 2.68. The predicted octanol–water partition coefficient (Wildman–Crippen LogP) is 0.590. The Balaban J connectivity index is 2.47. The summed E-state index contributed by atoms with van der Waals surface area (Å²) in [6.45, 7) is 0. The molecule has 0 aliphatic heterocycles. The normalized spacial score (nSPS) is 18.6. The van der Waals surface area contributed by atoms with E-state index in [1.165, 1.54) is 0 Å². The van der Waals surface area contributed by atoms with Gasteiger partial charge in [-0.1, -0.05) is 24.3 Å². The molecule has 0 saturated heterocycles. The number of phosphoric ester groups is 1. The maximum Gasteiger partial charge on any atom is 0.470 e. The summed E-state index contributed by atoms with van der Waals surface area (Å²) in [4.78, 5) is 16.6. The molecule has 56 valence electrons. The van der Waals surface area contributed by atoms with Gasteiger partial charge in [-0.25, -0.2) is 4.57 Å². The zero-order chi connectivity index (χ0) is 7.61. The molecule has 0 aromatic heterocycles. The van der Waals surface area contributed by atoms with E-state index in [-0.39, 0.29) is 0 Å². The monoisotopic (exact) mass is 162 g/mol. The van der Waals surface area contributed by atoms with Crippen molar-refractivity contribution >= 4 is 7.82 Å². The van der Waals surface area contributed by atoms with Gasteiger partial charge in [-0.2, -0.15) is 0 Å². The molecule has 4 nitrogen and oxygen atoms in total. The largest absolute Gasteiger partial charge is 0.470 e. The third-order valence-corrected chi connectivity index (χ3v) is 1.49. The lowest BCUT2D eigenvalue weighted by Gasteiger charge is -2.07. The highest BCUT2D eigenvalue weighted by Gasteiger charge is 2.18. The van der Waals surface area contributed by atoms with Crippen LogP contribution in [0.5, 0.6) is 0 Å². The fourth-order valence-electron chi connectivity index (χ4n) is 0.640. The molecular weight excluding hydrogens is 155 g/mol. The zero-order valence-corrected chi connectivity index (χ0v) is 5.94. The van der Waals surface area contributed by atoms with Crippen LogP contribution in [0.25, 0.3) is 0 Å². The second-order valence-corrected chi connectivity index (χ2v) is 3.02. The van der Waals surface area contributed by atoms with Crippen molar-refractivity contribution in [3.63, 3.8) is 0 Å². The van der Waals surface area contributed by atoms with E-state index in [0.29, 0.717) is 0 Å². The molecule has 2 N–H and O–H groups in total. The van der Waals surface area contributed by atoms with Crippen molar-refractivity contribution in [2.24, 2.45) is 0 Å². The Hall–Kier alpha value is -0.410. The molecule has 0 aromatic carbocycles. The van der Waals surface area contributed by atoms with Crippen LogP contribution < -0.4 is 0 Å². The van der Waals surface area contributed by atoms with Crippen molar-refractivity contribution in [1.82, 2.24) is 0 Å². The number of allylic oxidation sites excluding steroid dienone is 2. The van der Waals surface area contributed by atoms with Gasteiger partial charge in [0.05, 0.1) is 0 Å². The highest BCUT2D eigenvalue weighted by Crippen LogP contribution is 2.38. The molecule has 0 fully saturated rings. The molecule has 0 saturated carbocycles. The lowest BCUT2D eigenvalue weighted by atomic mass is 10.4. The van der Waals surface area contributed by atoms with Gasteiger partial charge >= 0.3 is 7.82 Å². The molecule has 1 aliphatic rings. The van der Waals surface area contributed by atoms with Crippen LogP contribution in [0.4, 0.5) is 0 Å². The van der Waals surface area contributed by atoms with Gasteiger partial charge in [-0.05, 0) is 0 Å². The Morgan fingerprint density at radius 2 is 1.80 bits per heavy atom. The Morgan fingerprint density at radius 1 is 1.30 bits per heavy atom. The van der Waals surface area contributed by atoms with Gasteiger partial charge in [0.2, 0.25) is 0 Å². The van der Waals surface area contributed by atoms with E-state index in [0.717, 1.165) is 0 Å². The summed E-state index contributed by atoms with van der Waals surface area (Å²) in [5, 5.41) is 0. The molecule has 0 spiro atoms. The summed E-state index contributed by atoms with van der Waals surface area (Å²) in [5.41, 5.74) is 0. The van der Waals surface area contributed by atoms with Crippen LogP contribution in [0, 0.1) is 0 Å². The fraction of sp³-hybridized carbons (Fsp3) is 0.200. The first-order valence-corrected chi connectivity index (χ1v) is 4.20. The Bertz CT molecular complexity index is 202. The lowest BCUT2D eigenvalue weighted by molar-refractivity contribution is 0.186. The standard InChI is InChI=1S/C5H7O4P/c6-10(7,8)9-5-3-1-2-4-5/h1-5H,(H2,6,7,8). The minimum Gasteiger partial charge on any atom is -0.303 e. The first-order chi connectivity index (χ1) is 4.58. The molecule has 0 atom stereocenters. The smallest absolute Gasteiger partial charge is 0.303 e. The predicted molar refractivity (Wildman–Crippen MR) is 35.2 cm³/mol. The van der Waals surface area contributed by atoms with Crippen LogP contribution in [-0.4, -0.2) is 15.9 Å². The molecule has 0 aromatic rings. The fourth-order valence-corrected chi connectivity index (χ4v) is 1.10. The van der Waals surface area contributed by atoms with Gasteiger partial charge in [0.1, 0.15) is 6.10 Å². The molecule has 0 heterocycles. The summed E-state index contributed by atoms with van der Waals surface area (Å²) >= 11 is 0. The van der Waals surface area contributed by atoms with Crippen molar-refractivity contribution < 1.29 is 18.9 Å². The molecule has 1 aliphatic carbocycles. The molecule has 1 rings (SSSR count). The third-order valence-electron chi connectivity index (χ3n) is 0.972. The quantitative estimate of drug-likeness (QED) is 0.583. The van der Waals surface area contributed by atoms with Crippen LogP contribution >= 0.6 is 7.82 Å². The molecular formula is C5H7O4P. The lowest BCUT2D eigenvalue weighted by Crippen LogP contribution is -2.01. The van der Waals surface area contributed by atoms with Gasteiger partial charge < -0.3 is 9.79 Å². The van der Waals surface area contributed by atoms with Crippen LogP contribution in [-0.2, 0) is 9.09 Å². The van der Waals surface area contributed by atoms with Crippen molar-refractivity contribution in [2.45, 2.75) is 6.10 Å². The van der Waals surface area contributed by atoms with E-state index in [9.17, 15) is 4.57 Å². The number of hydrogen-bond donors (Lipinski definition) is 2. The maximum absolute atomic E-state index is 10.2. The van der Waals surface area contributed by atoms with E-state index < -0.39 is 13.9 Å². The number of hydrogen-bond acceptors (Lipinski definition) is 2. The highest BCUT2D eigenvalue weighted by molar-refractivity contribution is 7.46. The van der Waals surface area contributed by atoms with Crippen molar-refractivity contribution in [3.8, 4) is 0 Å². The summed E-state index contributed by atoms with van der Waals surface area (Å²) in [6, 6.07) is 0. The van der Waals surface area contributed by atoms with Gasteiger partial charge in [-0.15, -0.1) is 0 Å². The van der Waals surface area contributed by atoms with Crippen molar-refractivity contribution in [3.05, 3.63) is 24.3 Å². The van der Waals surface area contributed by atoms with Crippen LogP contribution in [0.3, 0.4) is 0 Å². The molecule has 0 unspecified atom stereocenters. The van der Waals surface area contributed by atoms with Crippen LogP contribution in [0.2, 0.25) is 0 Å². The SMILES string of the molecule is O=P(O)(O)OC1C=CC=C1. The molecule has 5 heteroatoms. The minimum atomic E-state index is -4.32. The van der Waals surface area contributed by atoms with E-state index in [2.05, 4.69) is 4.52 Å². The highest BCUT2D eigenvalue weighted by atomic mass is 31.2. The summed E-state index contributed by atoms with van der Waals surface area (Å²) in [5.74, 6) is 0. The van der Waals surface area contributed by atoms with Crippen LogP contribution in [0.15, 0.2) is 24.3 Å². The van der Waals surface area contributed by atoms with Crippen molar-refractivity contribution in [1.29, 1.82) is 0 Å². The maximum atomic E-state index is 10.2. The van der Waals surface area contributed by atoms with E-state index in [1.54, 1.807) is 24.3 Å². The average Bonchev–Trinajstić information content (AvgIpc) is 2.12. The number of phosphoric acid groups is 1. The Kier molecular flexibility index (Phi) is 2.06. The molecule has 0 radical (unpaired) electrons. The zero-order valence-electron chi connectivity index (χ0n) is 5.04. The minimum absolute atomic E-state index is 0.569. The summed E-state index contributed by atoms with van der Waals surface area (Å²) in [7, 11) is -4.32. The van der Waals surface area contributed by atoms with Crippen molar-refractivity contribution in [2.75, 3.05) is 0 Å². The molecule has 10 heavy (non-hydrogen) atoms. The first-order valence-electron chi connectivity index (χ1n) is 2.67. The molecule has 0 bridgehead atoms. The average molecular weight is 162 g/mol. The Labute approximate surface area is 58.1 Å².